The van der Waals surface area contributed by atoms with Crippen molar-refractivity contribution in [3.05, 3.63) is 22.4 Å². The largest absolute Gasteiger partial charge is 0.409 e. The number of nitrogens with two attached hydrogens (primary N) is 1. The Hall–Kier alpha value is -1.56. The average molecular weight is 213 g/mol. The number of hydrogen-bond donors (Lipinski definition) is 2. The predicted molar refractivity (Wildman–Crippen MR) is 54.7 cm³/mol. The number of carbonyl (C=O) groups excluding carboxylic acids is 1. The van der Waals surface area contributed by atoms with Crippen LogP contribution in [0.4, 0.5) is 0 Å². The van der Waals surface area contributed by atoms with E-state index >= 15 is 0 Å². The molecule has 0 aliphatic carbocycles. The molecule has 0 unspecified atom stereocenters. The Morgan fingerprint density at radius 3 is 3.00 bits per heavy atom. The molecule has 0 radical (unpaired) electrons. The second-order valence-electron chi connectivity index (χ2n) is 2.76. The van der Waals surface area contributed by atoms with E-state index in [1.54, 1.807) is 18.5 Å². The monoisotopic (exact) mass is 213 g/mol. The molecule has 0 fully saturated rings. The van der Waals surface area contributed by atoms with Gasteiger partial charge in [0.2, 0.25) is 0 Å². The molecule has 1 aromatic heterocycles. The van der Waals surface area contributed by atoms with Crippen molar-refractivity contribution < 1.29 is 10.0 Å². The molecule has 14 heavy (non-hydrogen) atoms. The molecule has 1 amide bonds. The Morgan fingerprint density at radius 2 is 2.50 bits per heavy atom. The van der Waals surface area contributed by atoms with Crippen LogP contribution >= 0.6 is 11.3 Å². The van der Waals surface area contributed by atoms with Crippen LogP contribution < -0.4 is 5.73 Å². The van der Waals surface area contributed by atoms with Crippen LogP contribution in [0.3, 0.4) is 0 Å². The van der Waals surface area contributed by atoms with Crippen molar-refractivity contribution in [2.45, 2.75) is 0 Å². The van der Waals surface area contributed by atoms with E-state index in [0.29, 0.717) is 5.56 Å². The maximum atomic E-state index is 11.6. The molecule has 0 saturated carbocycles. The highest BCUT2D eigenvalue weighted by atomic mass is 32.1. The highest BCUT2D eigenvalue weighted by molar-refractivity contribution is 7.08. The lowest BCUT2D eigenvalue weighted by Crippen LogP contribution is -2.35. The number of oxime groups is 1. The number of hydrogen-bond acceptors (Lipinski definition) is 4. The van der Waals surface area contributed by atoms with E-state index in [2.05, 4.69) is 5.16 Å². The van der Waals surface area contributed by atoms with Crippen LogP contribution in [0.25, 0.3) is 0 Å². The van der Waals surface area contributed by atoms with E-state index in [4.69, 9.17) is 10.9 Å². The summed E-state index contributed by atoms with van der Waals surface area (Å²) in [7, 11) is 1.60. The van der Waals surface area contributed by atoms with Gasteiger partial charge in [-0.2, -0.15) is 11.3 Å². The normalized spacial score (nSPS) is 11.4. The van der Waals surface area contributed by atoms with Gasteiger partial charge in [0.15, 0.2) is 5.84 Å². The summed E-state index contributed by atoms with van der Waals surface area (Å²) in [5.41, 5.74) is 5.89. The van der Waals surface area contributed by atoms with Crippen molar-refractivity contribution in [1.29, 1.82) is 0 Å². The third kappa shape index (κ3) is 2.46. The lowest BCUT2D eigenvalue weighted by atomic mass is 10.3. The number of carbonyl (C=O) groups is 1. The van der Waals surface area contributed by atoms with Crippen molar-refractivity contribution in [1.82, 2.24) is 4.90 Å². The SMILES string of the molecule is CN(CC(N)=NO)C(=O)c1ccsc1. The fourth-order valence-electron chi connectivity index (χ4n) is 0.953. The summed E-state index contributed by atoms with van der Waals surface area (Å²) in [6, 6.07) is 1.73. The summed E-state index contributed by atoms with van der Waals surface area (Å²) in [6.07, 6.45) is 0. The zero-order valence-electron chi connectivity index (χ0n) is 7.67. The highest BCUT2D eigenvalue weighted by Gasteiger charge is 2.12. The minimum Gasteiger partial charge on any atom is -0.409 e. The van der Waals surface area contributed by atoms with E-state index in [0.717, 1.165) is 0 Å². The third-order valence-corrected chi connectivity index (χ3v) is 2.33. The zero-order valence-corrected chi connectivity index (χ0v) is 8.49. The molecule has 0 aliphatic rings. The topological polar surface area (TPSA) is 78.9 Å². The van der Waals surface area contributed by atoms with Gasteiger partial charge in [0, 0.05) is 12.4 Å². The van der Waals surface area contributed by atoms with Gasteiger partial charge in [-0.3, -0.25) is 4.79 Å². The molecule has 3 N–H and O–H groups in total. The molecular weight excluding hydrogens is 202 g/mol. The van der Waals surface area contributed by atoms with Gasteiger partial charge in [0.1, 0.15) is 0 Å². The summed E-state index contributed by atoms with van der Waals surface area (Å²) >= 11 is 1.45. The summed E-state index contributed by atoms with van der Waals surface area (Å²) in [6.45, 7) is 0.116. The Labute approximate surface area is 85.4 Å². The molecule has 1 aromatic rings. The first-order valence-electron chi connectivity index (χ1n) is 3.89. The van der Waals surface area contributed by atoms with E-state index in [1.165, 1.54) is 16.2 Å². The van der Waals surface area contributed by atoms with Crippen molar-refractivity contribution >= 4 is 23.1 Å². The summed E-state index contributed by atoms with van der Waals surface area (Å²) in [5.74, 6) is -0.131. The number of rotatable bonds is 3. The Balaban J connectivity index is 2.62. The van der Waals surface area contributed by atoms with Gasteiger partial charge < -0.3 is 15.8 Å². The molecule has 76 valence electrons. The molecule has 0 spiro atoms. The molecule has 0 saturated heterocycles. The average Bonchev–Trinajstić information content (AvgIpc) is 2.69. The summed E-state index contributed by atoms with van der Waals surface area (Å²) < 4.78 is 0. The van der Waals surface area contributed by atoms with Gasteiger partial charge in [-0.25, -0.2) is 0 Å². The summed E-state index contributed by atoms with van der Waals surface area (Å²) in [4.78, 5) is 13.0. The Bertz CT molecular complexity index is 334. The standard InChI is InChI=1S/C8H11N3O2S/c1-11(4-7(9)10-13)8(12)6-2-3-14-5-6/h2-3,5,13H,4H2,1H3,(H2,9,10). The van der Waals surface area contributed by atoms with Crippen molar-refractivity contribution in [3.8, 4) is 0 Å². The fraction of sp³-hybridized carbons (Fsp3) is 0.250. The first kappa shape index (κ1) is 10.5. The molecule has 1 rings (SSSR count). The quantitative estimate of drug-likeness (QED) is 0.333. The molecule has 0 bridgehead atoms. The van der Waals surface area contributed by atoms with Crippen LogP contribution in [-0.4, -0.2) is 35.4 Å². The van der Waals surface area contributed by atoms with E-state index < -0.39 is 0 Å². The second-order valence-corrected chi connectivity index (χ2v) is 3.54. The smallest absolute Gasteiger partial charge is 0.254 e. The lowest BCUT2D eigenvalue weighted by molar-refractivity contribution is 0.0814. The number of likely N-dealkylation sites (N-methyl/N-ethyl adjacent to an activating group) is 1. The van der Waals surface area contributed by atoms with Crippen LogP contribution in [0.1, 0.15) is 10.4 Å². The first-order valence-corrected chi connectivity index (χ1v) is 4.83. The van der Waals surface area contributed by atoms with E-state index in [-0.39, 0.29) is 18.3 Å². The molecule has 0 atom stereocenters. The lowest BCUT2D eigenvalue weighted by Gasteiger charge is -2.14. The van der Waals surface area contributed by atoms with Gasteiger partial charge in [-0.05, 0) is 11.4 Å². The molecular formula is C8H11N3O2S. The van der Waals surface area contributed by atoms with Gasteiger partial charge in [0.25, 0.3) is 5.91 Å². The van der Waals surface area contributed by atoms with Crippen LogP contribution in [0.5, 0.6) is 0 Å². The van der Waals surface area contributed by atoms with Crippen LogP contribution in [0.15, 0.2) is 22.0 Å². The highest BCUT2D eigenvalue weighted by Crippen LogP contribution is 2.08. The number of amidine groups is 1. The minimum atomic E-state index is -0.141. The zero-order chi connectivity index (χ0) is 10.6. The summed E-state index contributed by atoms with van der Waals surface area (Å²) in [5, 5.41) is 14.7. The number of nitrogens with zero attached hydrogens (tertiary/aromatic N) is 2. The van der Waals surface area contributed by atoms with E-state index in [1.807, 2.05) is 5.38 Å². The van der Waals surface area contributed by atoms with Gasteiger partial charge in [-0.1, -0.05) is 5.16 Å². The predicted octanol–water partition coefficient (Wildman–Crippen LogP) is 0.567. The molecule has 1 heterocycles. The second kappa shape index (κ2) is 4.61. The van der Waals surface area contributed by atoms with E-state index in [9.17, 15) is 4.79 Å². The first-order chi connectivity index (χ1) is 6.65. The van der Waals surface area contributed by atoms with Crippen molar-refractivity contribution in [2.24, 2.45) is 10.9 Å². The van der Waals surface area contributed by atoms with Crippen LogP contribution in [0.2, 0.25) is 0 Å². The third-order valence-electron chi connectivity index (χ3n) is 1.64. The van der Waals surface area contributed by atoms with Crippen LogP contribution in [0, 0.1) is 0 Å². The maximum Gasteiger partial charge on any atom is 0.254 e. The molecule has 0 aromatic carbocycles. The van der Waals surface area contributed by atoms with Gasteiger partial charge in [0.05, 0.1) is 12.1 Å². The maximum absolute atomic E-state index is 11.6. The molecule has 5 nitrogen and oxygen atoms in total. The van der Waals surface area contributed by atoms with Gasteiger partial charge >= 0.3 is 0 Å². The molecule has 0 aliphatic heterocycles. The van der Waals surface area contributed by atoms with Crippen molar-refractivity contribution in [2.75, 3.05) is 13.6 Å². The number of thiophene rings is 1. The fourth-order valence-corrected chi connectivity index (χ4v) is 1.58. The van der Waals surface area contributed by atoms with Crippen molar-refractivity contribution in [3.63, 3.8) is 0 Å². The van der Waals surface area contributed by atoms with Crippen LogP contribution in [-0.2, 0) is 0 Å². The Morgan fingerprint density at radius 1 is 1.79 bits per heavy atom. The minimum absolute atomic E-state index is 0.0103. The number of amides is 1. The van der Waals surface area contributed by atoms with Gasteiger partial charge in [-0.15, -0.1) is 0 Å². The molecule has 6 heteroatoms. The Kier molecular flexibility index (Phi) is 3.47.